The third-order valence-electron chi connectivity index (χ3n) is 3.25. The maximum atomic E-state index is 9.52. The Labute approximate surface area is 127 Å². The van der Waals surface area contributed by atoms with E-state index in [0.717, 1.165) is 22.5 Å². The van der Waals surface area contributed by atoms with Crippen molar-refractivity contribution >= 4 is 11.6 Å². The lowest BCUT2D eigenvalue weighted by Crippen LogP contribution is -2.00. The number of hydrogen-bond donors (Lipinski definition) is 1. The molecule has 0 saturated heterocycles. The molecule has 106 valence electrons. The summed E-state index contributed by atoms with van der Waals surface area (Å²) in [5.41, 5.74) is 4.31. The number of nitrogens with zero attached hydrogens (tertiary/aromatic N) is 3. The molecule has 0 radical (unpaired) electrons. The van der Waals surface area contributed by atoms with Crippen LogP contribution in [0, 0.1) is 6.92 Å². The average molecular weight is 300 g/mol. The van der Waals surface area contributed by atoms with Gasteiger partial charge in [-0.1, -0.05) is 40.6 Å². The Kier molecular flexibility index (Phi) is 3.73. The fourth-order valence-electron chi connectivity index (χ4n) is 2.26. The molecule has 3 aromatic rings. The Morgan fingerprint density at radius 3 is 2.57 bits per heavy atom. The van der Waals surface area contributed by atoms with Gasteiger partial charge in [-0.15, -0.1) is 5.10 Å². The smallest absolute Gasteiger partial charge is 0.117 e. The highest BCUT2D eigenvalue weighted by molar-refractivity contribution is 6.30. The van der Waals surface area contributed by atoms with E-state index in [1.165, 1.54) is 0 Å². The van der Waals surface area contributed by atoms with Crippen LogP contribution >= 0.6 is 11.6 Å². The lowest BCUT2D eigenvalue weighted by molar-refractivity contribution is 0.277. The summed E-state index contributed by atoms with van der Waals surface area (Å²) in [5, 5.41) is 18.4. The molecule has 3 rings (SSSR count). The minimum atomic E-state index is -0.156. The summed E-state index contributed by atoms with van der Waals surface area (Å²) < 4.78 is 1.72. The first-order chi connectivity index (χ1) is 10.2. The number of aromatic nitrogens is 3. The Morgan fingerprint density at radius 1 is 1.14 bits per heavy atom. The standard InChI is InChI=1S/C16H14ClN3O/c1-11-3-2-4-12(9-11)16-15(10-21)18-19-20(16)14-7-5-13(17)6-8-14/h2-9,21H,10H2,1H3. The monoisotopic (exact) mass is 299 g/mol. The molecule has 4 nitrogen and oxygen atoms in total. The molecule has 1 N–H and O–H groups in total. The lowest BCUT2D eigenvalue weighted by Gasteiger charge is -2.08. The molecule has 1 aromatic heterocycles. The van der Waals surface area contributed by atoms with Crippen LogP contribution in [0.5, 0.6) is 0 Å². The van der Waals surface area contributed by atoms with E-state index in [4.69, 9.17) is 11.6 Å². The number of aryl methyl sites for hydroxylation is 1. The summed E-state index contributed by atoms with van der Waals surface area (Å²) in [6, 6.07) is 15.4. The quantitative estimate of drug-likeness (QED) is 0.806. The van der Waals surface area contributed by atoms with Crippen molar-refractivity contribution in [2.45, 2.75) is 13.5 Å². The van der Waals surface area contributed by atoms with Crippen LogP contribution in [0.2, 0.25) is 5.02 Å². The van der Waals surface area contributed by atoms with Crippen molar-refractivity contribution in [3.63, 3.8) is 0 Å². The number of hydrogen-bond acceptors (Lipinski definition) is 3. The normalized spacial score (nSPS) is 10.8. The van der Waals surface area contributed by atoms with Crippen LogP contribution < -0.4 is 0 Å². The molecule has 0 aliphatic carbocycles. The van der Waals surface area contributed by atoms with Crippen molar-refractivity contribution in [2.24, 2.45) is 0 Å². The highest BCUT2D eigenvalue weighted by Crippen LogP contribution is 2.26. The highest BCUT2D eigenvalue weighted by atomic mass is 35.5. The van der Waals surface area contributed by atoms with Crippen LogP contribution in [0.1, 0.15) is 11.3 Å². The minimum absolute atomic E-state index is 0.156. The first-order valence-electron chi connectivity index (χ1n) is 6.57. The molecule has 0 amide bonds. The molecule has 5 heteroatoms. The Bertz CT molecular complexity index is 765. The van der Waals surface area contributed by atoms with Crippen molar-refractivity contribution < 1.29 is 5.11 Å². The van der Waals surface area contributed by atoms with E-state index >= 15 is 0 Å². The summed E-state index contributed by atoms with van der Waals surface area (Å²) in [4.78, 5) is 0. The van der Waals surface area contributed by atoms with E-state index in [1.54, 1.807) is 16.8 Å². The van der Waals surface area contributed by atoms with Crippen LogP contribution in [0.25, 0.3) is 16.9 Å². The number of rotatable bonds is 3. The maximum absolute atomic E-state index is 9.52. The zero-order valence-corrected chi connectivity index (χ0v) is 12.2. The van der Waals surface area contributed by atoms with Gasteiger partial charge in [-0.25, -0.2) is 4.68 Å². The molecule has 0 fully saturated rings. The van der Waals surface area contributed by atoms with Crippen LogP contribution in [-0.2, 0) is 6.61 Å². The molecule has 0 bridgehead atoms. The van der Waals surface area contributed by atoms with E-state index in [0.29, 0.717) is 10.7 Å². The summed E-state index contributed by atoms with van der Waals surface area (Å²) >= 11 is 5.92. The molecule has 0 spiro atoms. The fourth-order valence-corrected chi connectivity index (χ4v) is 2.39. The molecule has 0 unspecified atom stereocenters. The fraction of sp³-hybridized carbons (Fsp3) is 0.125. The highest BCUT2D eigenvalue weighted by Gasteiger charge is 2.15. The van der Waals surface area contributed by atoms with Gasteiger partial charge >= 0.3 is 0 Å². The first kappa shape index (κ1) is 13.8. The average Bonchev–Trinajstić information content (AvgIpc) is 2.92. The predicted octanol–water partition coefficient (Wildman–Crippen LogP) is 3.39. The van der Waals surface area contributed by atoms with Gasteiger partial charge in [-0.3, -0.25) is 0 Å². The SMILES string of the molecule is Cc1cccc(-c2c(CO)nnn2-c2ccc(Cl)cc2)c1. The van der Waals surface area contributed by atoms with Gasteiger partial charge in [-0.05, 0) is 37.3 Å². The second-order valence-corrected chi connectivity index (χ2v) is 5.24. The molecule has 0 aliphatic rings. The summed E-state index contributed by atoms with van der Waals surface area (Å²) in [5.74, 6) is 0. The molecular formula is C16H14ClN3O. The van der Waals surface area contributed by atoms with Crippen molar-refractivity contribution in [1.82, 2.24) is 15.0 Å². The van der Waals surface area contributed by atoms with Crippen molar-refractivity contribution in [3.05, 3.63) is 64.8 Å². The third kappa shape index (κ3) is 2.68. The topological polar surface area (TPSA) is 50.9 Å². The van der Waals surface area contributed by atoms with Crippen molar-refractivity contribution in [3.8, 4) is 16.9 Å². The molecule has 0 saturated carbocycles. The first-order valence-corrected chi connectivity index (χ1v) is 6.95. The van der Waals surface area contributed by atoms with Gasteiger partial charge in [0, 0.05) is 10.6 Å². The Hall–Kier alpha value is -2.17. The molecule has 2 aromatic carbocycles. The van der Waals surface area contributed by atoms with E-state index in [9.17, 15) is 5.11 Å². The van der Waals surface area contributed by atoms with Gasteiger partial charge in [0.15, 0.2) is 0 Å². The van der Waals surface area contributed by atoms with E-state index in [-0.39, 0.29) is 6.61 Å². The van der Waals surface area contributed by atoms with Crippen LogP contribution in [0.4, 0.5) is 0 Å². The second kappa shape index (κ2) is 5.68. The molecular weight excluding hydrogens is 286 g/mol. The zero-order valence-electron chi connectivity index (χ0n) is 11.5. The Morgan fingerprint density at radius 2 is 1.90 bits per heavy atom. The van der Waals surface area contributed by atoms with E-state index in [1.807, 2.05) is 43.3 Å². The van der Waals surface area contributed by atoms with Crippen LogP contribution in [-0.4, -0.2) is 20.1 Å². The summed E-state index contributed by atoms with van der Waals surface area (Å²) in [6.07, 6.45) is 0. The number of benzene rings is 2. The zero-order chi connectivity index (χ0) is 14.8. The summed E-state index contributed by atoms with van der Waals surface area (Å²) in [6.45, 7) is 1.87. The molecule has 21 heavy (non-hydrogen) atoms. The maximum Gasteiger partial charge on any atom is 0.117 e. The van der Waals surface area contributed by atoms with Gasteiger partial charge in [0.25, 0.3) is 0 Å². The molecule has 0 atom stereocenters. The largest absolute Gasteiger partial charge is 0.390 e. The number of aliphatic hydroxyl groups excluding tert-OH is 1. The van der Waals surface area contributed by atoms with Crippen LogP contribution in [0.15, 0.2) is 48.5 Å². The minimum Gasteiger partial charge on any atom is -0.390 e. The Balaban J connectivity index is 2.19. The van der Waals surface area contributed by atoms with Gasteiger partial charge in [0.05, 0.1) is 12.3 Å². The lowest BCUT2D eigenvalue weighted by atomic mass is 10.1. The van der Waals surface area contributed by atoms with E-state index < -0.39 is 0 Å². The molecule has 0 aliphatic heterocycles. The van der Waals surface area contributed by atoms with Crippen molar-refractivity contribution in [1.29, 1.82) is 0 Å². The van der Waals surface area contributed by atoms with E-state index in [2.05, 4.69) is 10.3 Å². The van der Waals surface area contributed by atoms with Gasteiger partial charge in [0.2, 0.25) is 0 Å². The van der Waals surface area contributed by atoms with Crippen LogP contribution in [0.3, 0.4) is 0 Å². The van der Waals surface area contributed by atoms with Crippen molar-refractivity contribution in [2.75, 3.05) is 0 Å². The second-order valence-electron chi connectivity index (χ2n) is 4.80. The molecule has 1 heterocycles. The third-order valence-corrected chi connectivity index (χ3v) is 3.50. The van der Waals surface area contributed by atoms with Gasteiger partial charge in [0.1, 0.15) is 11.4 Å². The number of halogens is 1. The summed E-state index contributed by atoms with van der Waals surface area (Å²) in [7, 11) is 0. The number of aliphatic hydroxyl groups is 1. The predicted molar refractivity (Wildman–Crippen MR) is 82.5 cm³/mol. The van der Waals surface area contributed by atoms with Gasteiger partial charge in [-0.2, -0.15) is 0 Å². The van der Waals surface area contributed by atoms with Gasteiger partial charge < -0.3 is 5.11 Å².